The van der Waals surface area contributed by atoms with Crippen LogP contribution in [-0.4, -0.2) is 54.3 Å². The van der Waals surface area contributed by atoms with Gasteiger partial charge in [0.15, 0.2) is 0 Å². The predicted octanol–water partition coefficient (Wildman–Crippen LogP) is 2.15. The molecule has 0 aromatic heterocycles. The third kappa shape index (κ3) is 3.91. The first-order chi connectivity index (χ1) is 10.9. The molecule has 1 N–H and O–H groups in total. The van der Waals surface area contributed by atoms with Crippen LogP contribution in [0.3, 0.4) is 0 Å². The minimum absolute atomic E-state index is 0.108. The molecule has 7 heteroatoms. The van der Waals surface area contributed by atoms with Gasteiger partial charge in [-0.2, -0.15) is 17.0 Å². The number of carbonyl (C=O) groups is 1. The molecule has 128 valence electrons. The fourth-order valence-electron chi connectivity index (χ4n) is 3.04. The van der Waals surface area contributed by atoms with Crippen molar-refractivity contribution in [2.45, 2.75) is 32.6 Å². The van der Waals surface area contributed by atoms with Crippen LogP contribution >= 0.6 is 0 Å². The summed E-state index contributed by atoms with van der Waals surface area (Å²) in [5, 5.41) is 8.96. The van der Waals surface area contributed by atoms with Crippen molar-refractivity contribution in [1.82, 2.24) is 8.61 Å². The van der Waals surface area contributed by atoms with Gasteiger partial charge in [-0.1, -0.05) is 26.0 Å². The molecule has 23 heavy (non-hydrogen) atoms. The van der Waals surface area contributed by atoms with Gasteiger partial charge in [0.1, 0.15) is 0 Å². The number of piperidine rings is 1. The molecule has 0 amide bonds. The first-order valence-corrected chi connectivity index (χ1v) is 9.38. The lowest BCUT2D eigenvalue weighted by Gasteiger charge is -2.35. The van der Waals surface area contributed by atoms with Crippen molar-refractivity contribution in [2.75, 3.05) is 26.2 Å². The molecule has 6 nitrogen and oxygen atoms in total. The van der Waals surface area contributed by atoms with Crippen molar-refractivity contribution >= 4 is 16.2 Å². The second kappa shape index (κ2) is 7.42. The van der Waals surface area contributed by atoms with Crippen LogP contribution in [0.25, 0.3) is 0 Å². The number of hydrogen-bond acceptors (Lipinski definition) is 3. The molecule has 0 bridgehead atoms. The highest BCUT2D eigenvalue weighted by atomic mass is 32.2. The Bertz CT molecular complexity index is 639. The summed E-state index contributed by atoms with van der Waals surface area (Å²) in [6.07, 6.45) is 1.72. The van der Waals surface area contributed by atoms with Crippen LogP contribution in [-0.2, 0) is 10.2 Å². The maximum Gasteiger partial charge on any atom is 0.335 e. The monoisotopic (exact) mass is 340 g/mol. The fraction of sp³-hybridized carbons (Fsp3) is 0.562. The SMILES string of the molecule is CCN(CC)S(=O)(=O)N1CCCC(c2ccc(C(=O)O)cc2)C1. The number of nitrogens with zero attached hydrogens (tertiary/aromatic N) is 2. The summed E-state index contributed by atoms with van der Waals surface area (Å²) in [5.41, 5.74) is 1.24. The number of benzene rings is 1. The Hall–Kier alpha value is -1.44. The van der Waals surface area contributed by atoms with Gasteiger partial charge in [-0.3, -0.25) is 0 Å². The summed E-state index contributed by atoms with van der Waals surface area (Å²) in [7, 11) is -3.41. The van der Waals surface area contributed by atoms with E-state index in [2.05, 4.69) is 0 Å². The van der Waals surface area contributed by atoms with Gasteiger partial charge >= 0.3 is 5.97 Å². The number of carboxylic acids is 1. The molecule has 1 aromatic carbocycles. The van der Waals surface area contributed by atoms with Crippen LogP contribution < -0.4 is 0 Å². The van der Waals surface area contributed by atoms with Gasteiger partial charge in [-0.25, -0.2) is 4.79 Å². The summed E-state index contributed by atoms with van der Waals surface area (Å²) >= 11 is 0. The summed E-state index contributed by atoms with van der Waals surface area (Å²) in [5.74, 6) is -0.845. The Morgan fingerprint density at radius 3 is 2.39 bits per heavy atom. The lowest BCUT2D eigenvalue weighted by molar-refractivity contribution is 0.0697. The van der Waals surface area contributed by atoms with Gasteiger partial charge in [0, 0.05) is 26.2 Å². The van der Waals surface area contributed by atoms with E-state index in [1.807, 2.05) is 13.8 Å². The van der Waals surface area contributed by atoms with E-state index >= 15 is 0 Å². The van der Waals surface area contributed by atoms with E-state index in [0.717, 1.165) is 18.4 Å². The number of aromatic carboxylic acids is 1. The van der Waals surface area contributed by atoms with Gasteiger partial charge in [-0.15, -0.1) is 0 Å². The first-order valence-electron chi connectivity index (χ1n) is 7.98. The van der Waals surface area contributed by atoms with Gasteiger partial charge in [-0.05, 0) is 36.5 Å². The van der Waals surface area contributed by atoms with E-state index in [1.165, 1.54) is 4.31 Å². The van der Waals surface area contributed by atoms with E-state index in [-0.39, 0.29) is 11.5 Å². The second-order valence-electron chi connectivity index (χ2n) is 5.72. The normalized spacial score (nSPS) is 19.9. The molecular formula is C16H24N2O4S. The molecule has 2 rings (SSSR count). The first kappa shape index (κ1) is 17.9. The average molecular weight is 340 g/mol. The highest BCUT2D eigenvalue weighted by Crippen LogP contribution is 2.29. The van der Waals surface area contributed by atoms with Crippen LogP contribution in [0.4, 0.5) is 0 Å². The molecule has 0 spiro atoms. The van der Waals surface area contributed by atoms with E-state index in [1.54, 1.807) is 28.6 Å². The minimum atomic E-state index is -3.41. The van der Waals surface area contributed by atoms with Crippen molar-refractivity contribution in [3.8, 4) is 0 Å². The molecule has 0 saturated carbocycles. The number of hydrogen-bond donors (Lipinski definition) is 1. The Labute approximate surface area is 137 Å². The lowest BCUT2D eigenvalue weighted by atomic mass is 9.91. The van der Waals surface area contributed by atoms with E-state index in [9.17, 15) is 13.2 Å². The molecule has 1 atom stereocenters. The topological polar surface area (TPSA) is 77.9 Å². The predicted molar refractivity (Wildman–Crippen MR) is 88.8 cm³/mol. The van der Waals surface area contributed by atoms with Crippen LogP contribution in [0, 0.1) is 0 Å². The lowest BCUT2D eigenvalue weighted by Crippen LogP contribution is -2.47. The van der Waals surface area contributed by atoms with Crippen LogP contribution in [0.1, 0.15) is 48.5 Å². The highest BCUT2D eigenvalue weighted by Gasteiger charge is 2.32. The molecule has 0 radical (unpaired) electrons. The summed E-state index contributed by atoms with van der Waals surface area (Å²) in [6, 6.07) is 6.74. The van der Waals surface area contributed by atoms with Crippen molar-refractivity contribution in [3.63, 3.8) is 0 Å². The number of carboxylic acid groups (broad SMARTS) is 1. The fourth-order valence-corrected chi connectivity index (χ4v) is 4.74. The zero-order chi connectivity index (χ0) is 17.0. The standard InChI is InChI=1S/C16H24N2O4S/c1-3-17(4-2)23(21,22)18-11-5-6-15(12-18)13-7-9-14(10-8-13)16(19)20/h7-10,15H,3-6,11-12H2,1-2H3,(H,19,20). The van der Waals surface area contributed by atoms with Crippen LogP contribution in [0.15, 0.2) is 24.3 Å². The molecule has 1 aliphatic heterocycles. The average Bonchev–Trinajstić information content (AvgIpc) is 2.56. The minimum Gasteiger partial charge on any atom is -0.478 e. The molecular weight excluding hydrogens is 316 g/mol. The molecule has 1 aromatic rings. The summed E-state index contributed by atoms with van der Waals surface area (Å²) in [4.78, 5) is 10.9. The zero-order valence-electron chi connectivity index (χ0n) is 13.6. The highest BCUT2D eigenvalue weighted by molar-refractivity contribution is 7.86. The molecule has 0 aliphatic carbocycles. The molecule has 1 aliphatic rings. The Morgan fingerprint density at radius 2 is 1.87 bits per heavy atom. The van der Waals surface area contributed by atoms with E-state index in [0.29, 0.717) is 26.2 Å². The van der Waals surface area contributed by atoms with E-state index in [4.69, 9.17) is 5.11 Å². The van der Waals surface area contributed by atoms with Crippen molar-refractivity contribution < 1.29 is 18.3 Å². The Kier molecular flexibility index (Phi) is 5.78. The largest absolute Gasteiger partial charge is 0.478 e. The molecule has 1 saturated heterocycles. The summed E-state index contributed by atoms with van der Waals surface area (Å²) < 4.78 is 28.3. The van der Waals surface area contributed by atoms with Crippen molar-refractivity contribution in [1.29, 1.82) is 0 Å². The second-order valence-corrected chi connectivity index (χ2v) is 7.64. The molecule has 1 unspecified atom stereocenters. The molecule has 1 heterocycles. The third-order valence-electron chi connectivity index (χ3n) is 4.37. The van der Waals surface area contributed by atoms with Gasteiger partial charge in [0.05, 0.1) is 5.56 Å². The van der Waals surface area contributed by atoms with E-state index < -0.39 is 16.2 Å². The van der Waals surface area contributed by atoms with Gasteiger partial charge in [0.2, 0.25) is 0 Å². The number of rotatable bonds is 6. The van der Waals surface area contributed by atoms with Crippen molar-refractivity contribution in [3.05, 3.63) is 35.4 Å². The molecule has 1 fully saturated rings. The van der Waals surface area contributed by atoms with Crippen molar-refractivity contribution in [2.24, 2.45) is 0 Å². The van der Waals surface area contributed by atoms with Crippen LogP contribution in [0.2, 0.25) is 0 Å². The smallest absolute Gasteiger partial charge is 0.335 e. The van der Waals surface area contributed by atoms with Gasteiger partial charge < -0.3 is 5.11 Å². The third-order valence-corrected chi connectivity index (χ3v) is 6.52. The Morgan fingerprint density at radius 1 is 1.26 bits per heavy atom. The Balaban J connectivity index is 2.16. The quantitative estimate of drug-likeness (QED) is 0.861. The van der Waals surface area contributed by atoms with Gasteiger partial charge in [0.25, 0.3) is 10.2 Å². The zero-order valence-corrected chi connectivity index (χ0v) is 14.4. The van der Waals surface area contributed by atoms with Crippen LogP contribution in [0.5, 0.6) is 0 Å². The maximum absolute atomic E-state index is 12.6. The summed E-state index contributed by atoms with van der Waals surface area (Å²) in [6.45, 7) is 5.61. The maximum atomic E-state index is 12.6.